The topological polar surface area (TPSA) is 66.6 Å². The summed E-state index contributed by atoms with van der Waals surface area (Å²) >= 11 is 0. The number of carbonyl (C=O) groups is 1. The van der Waals surface area contributed by atoms with Crippen LogP contribution in [0.1, 0.15) is 39.5 Å². The van der Waals surface area contributed by atoms with E-state index in [1.807, 2.05) is 0 Å². The summed E-state index contributed by atoms with van der Waals surface area (Å²) in [6.45, 7) is 5.76. The van der Waals surface area contributed by atoms with Crippen LogP contribution in [0.5, 0.6) is 0 Å². The summed E-state index contributed by atoms with van der Waals surface area (Å²) in [5, 5.41) is 9.37. The van der Waals surface area contributed by atoms with E-state index in [1.54, 1.807) is 0 Å². The predicted octanol–water partition coefficient (Wildman–Crippen LogP) is 1.30. The Morgan fingerprint density at radius 2 is 2.00 bits per heavy atom. The first-order valence-electron chi connectivity index (χ1n) is 6.70. The summed E-state index contributed by atoms with van der Waals surface area (Å²) in [5.74, 6) is 0.122. The lowest BCUT2D eigenvalue weighted by molar-refractivity contribution is -0.145. The van der Waals surface area contributed by atoms with Crippen molar-refractivity contribution in [2.75, 3.05) is 13.1 Å². The van der Waals surface area contributed by atoms with Crippen molar-refractivity contribution >= 4 is 5.97 Å². The highest BCUT2D eigenvalue weighted by Crippen LogP contribution is 2.40. The molecular formula is C13H24N2O2. The van der Waals surface area contributed by atoms with Gasteiger partial charge in [0.05, 0.1) is 0 Å². The molecule has 0 aromatic carbocycles. The quantitative estimate of drug-likeness (QED) is 0.704. The molecule has 0 saturated heterocycles. The largest absolute Gasteiger partial charge is 0.480 e. The second kappa shape index (κ2) is 4.58. The van der Waals surface area contributed by atoms with Crippen molar-refractivity contribution in [1.82, 2.24) is 4.90 Å². The zero-order chi connectivity index (χ0) is 12.6. The Morgan fingerprint density at radius 3 is 2.35 bits per heavy atom. The molecule has 2 saturated carbocycles. The minimum absolute atomic E-state index is 0.181. The number of carboxylic acid groups (broad SMARTS) is 1. The molecule has 2 rings (SSSR count). The standard InChI is InChI=1S/C13H24N2O2/c1-9(2)15(7-10-3-4-10)8-13(14,12(16)17)11-5-6-11/h9-11H,3-8,14H2,1-2H3,(H,16,17). The van der Waals surface area contributed by atoms with E-state index in [4.69, 9.17) is 5.73 Å². The van der Waals surface area contributed by atoms with Gasteiger partial charge < -0.3 is 10.8 Å². The molecule has 0 spiro atoms. The summed E-state index contributed by atoms with van der Waals surface area (Å²) in [6.07, 6.45) is 4.52. The van der Waals surface area contributed by atoms with E-state index in [1.165, 1.54) is 12.8 Å². The van der Waals surface area contributed by atoms with Crippen LogP contribution in [0.25, 0.3) is 0 Å². The third-order valence-electron chi connectivity index (χ3n) is 4.09. The second-order valence-electron chi connectivity index (χ2n) is 6.09. The van der Waals surface area contributed by atoms with Crippen molar-refractivity contribution < 1.29 is 9.90 Å². The van der Waals surface area contributed by atoms with Crippen molar-refractivity contribution in [3.05, 3.63) is 0 Å². The molecule has 4 nitrogen and oxygen atoms in total. The first-order valence-corrected chi connectivity index (χ1v) is 6.70. The predicted molar refractivity (Wildman–Crippen MR) is 66.7 cm³/mol. The van der Waals surface area contributed by atoms with Crippen molar-refractivity contribution in [2.24, 2.45) is 17.6 Å². The van der Waals surface area contributed by atoms with Crippen LogP contribution in [0.2, 0.25) is 0 Å². The average Bonchev–Trinajstić information content (AvgIpc) is 3.09. The number of nitrogens with two attached hydrogens (primary N) is 1. The van der Waals surface area contributed by atoms with E-state index < -0.39 is 11.5 Å². The molecule has 0 aliphatic heterocycles. The number of hydrogen-bond donors (Lipinski definition) is 2. The number of aliphatic carboxylic acids is 1. The fourth-order valence-corrected chi connectivity index (χ4v) is 2.40. The van der Waals surface area contributed by atoms with E-state index in [0.29, 0.717) is 12.6 Å². The molecule has 2 fully saturated rings. The maximum Gasteiger partial charge on any atom is 0.325 e. The van der Waals surface area contributed by atoms with Crippen LogP contribution in [0.4, 0.5) is 0 Å². The number of rotatable bonds is 7. The van der Waals surface area contributed by atoms with Gasteiger partial charge in [0.15, 0.2) is 0 Å². The van der Waals surface area contributed by atoms with E-state index in [-0.39, 0.29) is 5.92 Å². The Hall–Kier alpha value is -0.610. The molecule has 0 aromatic heterocycles. The van der Waals surface area contributed by atoms with E-state index in [2.05, 4.69) is 18.7 Å². The van der Waals surface area contributed by atoms with Crippen LogP contribution < -0.4 is 5.73 Å². The molecule has 3 N–H and O–H groups in total. The smallest absolute Gasteiger partial charge is 0.325 e. The molecule has 4 heteroatoms. The zero-order valence-electron chi connectivity index (χ0n) is 10.9. The van der Waals surface area contributed by atoms with Gasteiger partial charge in [0.2, 0.25) is 0 Å². The zero-order valence-corrected chi connectivity index (χ0v) is 10.9. The average molecular weight is 240 g/mol. The minimum atomic E-state index is -1.03. The molecule has 0 radical (unpaired) electrons. The lowest BCUT2D eigenvalue weighted by Gasteiger charge is -2.35. The number of hydrogen-bond acceptors (Lipinski definition) is 3. The van der Waals surface area contributed by atoms with Gasteiger partial charge in [-0.1, -0.05) is 0 Å². The summed E-state index contributed by atoms with van der Waals surface area (Å²) in [6, 6.07) is 0.372. The van der Waals surface area contributed by atoms with Gasteiger partial charge in [-0.25, -0.2) is 0 Å². The van der Waals surface area contributed by atoms with Crippen LogP contribution in [0.15, 0.2) is 0 Å². The summed E-state index contributed by atoms with van der Waals surface area (Å²) < 4.78 is 0. The van der Waals surface area contributed by atoms with Gasteiger partial charge in [-0.15, -0.1) is 0 Å². The van der Waals surface area contributed by atoms with Crippen LogP contribution in [0, 0.1) is 11.8 Å². The van der Waals surface area contributed by atoms with Gasteiger partial charge in [0, 0.05) is 19.1 Å². The normalized spacial score (nSPS) is 24.1. The van der Waals surface area contributed by atoms with Crippen LogP contribution in [0.3, 0.4) is 0 Å². The molecular weight excluding hydrogens is 216 g/mol. The fourth-order valence-electron chi connectivity index (χ4n) is 2.40. The Kier molecular flexibility index (Phi) is 3.46. The summed E-state index contributed by atoms with van der Waals surface area (Å²) in [4.78, 5) is 13.7. The van der Waals surface area contributed by atoms with Gasteiger partial charge in [-0.2, -0.15) is 0 Å². The molecule has 98 valence electrons. The van der Waals surface area contributed by atoms with Gasteiger partial charge in [0.25, 0.3) is 0 Å². The molecule has 2 aliphatic carbocycles. The third-order valence-corrected chi connectivity index (χ3v) is 4.09. The third kappa shape index (κ3) is 2.99. The molecule has 0 bridgehead atoms. The highest BCUT2D eigenvalue weighted by atomic mass is 16.4. The Labute approximate surface area is 103 Å². The van der Waals surface area contributed by atoms with Crippen LogP contribution >= 0.6 is 0 Å². The number of carboxylic acids is 1. The molecule has 17 heavy (non-hydrogen) atoms. The van der Waals surface area contributed by atoms with Crippen molar-refractivity contribution in [1.29, 1.82) is 0 Å². The highest BCUT2D eigenvalue weighted by molar-refractivity contribution is 5.79. The second-order valence-corrected chi connectivity index (χ2v) is 6.09. The molecule has 2 aliphatic rings. The van der Waals surface area contributed by atoms with E-state index in [0.717, 1.165) is 25.3 Å². The van der Waals surface area contributed by atoms with Gasteiger partial charge in [0.1, 0.15) is 5.54 Å². The Bertz CT molecular complexity index is 298. The monoisotopic (exact) mass is 240 g/mol. The van der Waals surface area contributed by atoms with Gasteiger partial charge in [-0.05, 0) is 51.4 Å². The molecule has 0 heterocycles. The van der Waals surface area contributed by atoms with E-state index >= 15 is 0 Å². The molecule has 1 atom stereocenters. The van der Waals surface area contributed by atoms with Crippen LogP contribution in [-0.4, -0.2) is 40.6 Å². The maximum atomic E-state index is 11.4. The van der Waals surface area contributed by atoms with E-state index in [9.17, 15) is 9.90 Å². The van der Waals surface area contributed by atoms with Crippen LogP contribution in [-0.2, 0) is 4.79 Å². The molecule has 1 unspecified atom stereocenters. The summed E-state index contributed by atoms with van der Waals surface area (Å²) in [7, 11) is 0. The Balaban J connectivity index is 2.00. The summed E-state index contributed by atoms with van der Waals surface area (Å²) in [5.41, 5.74) is 5.11. The molecule has 0 amide bonds. The minimum Gasteiger partial charge on any atom is -0.480 e. The van der Waals surface area contributed by atoms with Crippen molar-refractivity contribution in [3.8, 4) is 0 Å². The van der Waals surface area contributed by atoms with Crippen molar-refractivity contribution in [2.45, 2.75) is 51.1 Å². The number of nitrogens with zero attached hydrogens (tertiary/aromatic N) is 1. The molecule has 0 aromatic rings. The first-order chi connectivity index (χ1) is 7.93. The van der Waals surface area contributed by atoms with Crippen molar-refractivity contribution in [3.63, 3.8) is 0 Å². The highest BCUT2D eigenvalue weighted by Gasteiger charge is 2.49. The maximum absolute atomic E-state index is 11.4. The Morgan fingerprint density at radius 1 is 1.41 bits per heavy atom. The van der Waals surface area contributed by atoms with Gasteiger partial charge >= 0.3 is 5.97 Å². The SMILES string of the molecule is CC(C)N(CC1CC1)CC(N)(C(=O)O)C1CC1. The first kappa shape index (κ1) is 12.8. The van der Waals surface area contributed by atoms with Gasteiger partial charge in [-0.3, -0.25) is 9.69 Å². The lowest BCUT2D eigenvalue weighted by Crippen LogP contribution is -2.59. The fraction of sp³-hybridized carbons (Fsp3) is 0.923. The lowest BCUT2D eigenvalue weighted by atomic mass is 9.93.